The van der Waals surface area contributed by atoms with E-state index in [0.29, 0.717) is 52.4 Å². The summed E-state index contributed by atoms with van der Waals surface area (Å²) in [6.07, 6.45) is -0.256. The molecular formula is C30H34Cl2N4O4. The fourth-order valence-electron chi connectivity index (χ4n) is 4.65. The van der Waals surface area contributed by atoms with E-state index in [1.165, 1.54) is 0 Å². The number of fused-ring (bicyclic) bond motifs is 1. The van der Waals surface area contributed by atoms with Crippen molar-refractivity contribution in [2.24, 2.45) is 5.92 Å². The average Bonchev–Trinajstić information content (AvgIpc) is 2.93. The molecule has 3 amide bonds. The minimum atomic E-state index is -0.429. The predicted molar refractivity (Wildman–Crippen MR) is 159 cm³/mol. The maximum atomic E-state index is 13.7. The second-order valence-corrected chi connectivity index (χ2v) is 11.0. The van der Waals surface area contributed by atoms with Crippen molar-refractivity contribution < 1.29 is 19.4 Å². The third-order valence-corrected chi connectivity index (χ3v) is 7.62. The molecule has 10 heteroatoms. The van der Waals surface area contributed by atoms with Crippen LogP contribution in [-0.2, 0) is 6.54 Å². The van der Waals surface area contributed by atoms with Crippen molar-refractivity contribution in [3.05, 3.63) is 87.9 Å². The maximum absolute atomic E-state index is 13.7. The van der Waals surface area contributed by atoms with Gasteiger partial charge >= 0.3 is 6.03 Å². The summed E-state index contributed by atoms with van der Waals surface area (Å²) in [6, 6.07) is 18.9. The van der Waals surface area contributed by atoms with Gasteiger partial charge in [0.05, 0.1) is 28.3 Å². The lowest BCUT2D eigenvalue weighted by atomic mass is 9.99. The number of aliphatic hydroxyl groups excluding tert-OH is 1. The Kier molecular flexibility index (Phi) is 9.92. The Bertz CT molecular complexity index is 1340. The molecule has 0 unspecified atom stereocenters. The van der Waals surface area contributed by atoms with Gasteiger partial charge in [0, 0.05) is 36.9 Å². The summed E-state index contributed by atoms with van der Waals surface area (Å²) in [5.74, 6) is 0.128. The molecule has 0 fully saturated rings. The fourth-order valence-corrected chi connectivity index (χ4v) is 4.98. The lowest BCUT2D eigenvalue weighted by Gasteiger charge is -2.38. The molecule has 0 aliphatic carbocycles. The first-order valence-corrected chi connectivity index (χ1v) is 13.9. The number of anilines is 2. The molecule has 0 spiro atoms. The van der Waals surface area contributed by atoms with E-state index < -0.39 is 12.1 Å². The highest BCUT2D eigenvalue weighted by Crippen LogP contribution is 2.31. The molecule has 4 rings (SSSR count). The molecule has 1 heterocycles. The zero-order valence-corrected chi connectivity index (χ0v) is 24.2. The van der Waals surface area contributed by atoms with Crippen LogP contribution in [0, 0.1) is 5.92 Å². The number of benzene rings is 3. The number of ether oxygens (including phenoxy) is 1. The first-order valence-electron chi connectivity index (χ1n) is 13.1. The number of amides is 3. The normalized spacial score (nSPS) is 17.9. The van der Waals surface area contributed by atoms with Gasteiger partial charge in [0.25, 0.3) is 5.91 Å². The van der Waals surface area contributed by atoms with E-state index in [2.05, 4.69) is 15.5 Å². The lowest BCUT2D eigenvalue weighted by molar-refractivity contribution is 0.0341. The third-order valence-electron chi connectivity index (χ3n) is 6.88. The minimum Gasteiger partial charge on any atom is -0.488 e. The summed E-state index contributed by atoms with van der Waals surface area (Å²) >= 11 is 12.3. The molecule has 0 saturated carbocycles. The van der Waals surface area contributed by atoms with E-state index in [1.807, 2.05) is 51.2 Å². The summed E-state index contributed by atoms with van der Waals surface area (Å²) < 4.78 is 6.46. The SMILES string of the molecule is C[C@@H]1CN([C@@H](C)CO)C(=O)c2cc(NC(=O)Nc3ccccc3)ccc2O[C@@H]1CN(C)Cc1ccc(Cl)c(Cl)c1. The molecule has 1 aliphatic heterocycles. The van der Waals surface area contributed by atoms with Crippen LogP contribution in [-0.4, -0.2) is 65.7 Å². The zero-order valence-electron chi connectivity index (χ0n) is 22.7. The number of carbonyl (C=O) groups excluding carboxylic acids is 2. The third kappa shape index (κ3) is 7.46. The van der Waals surface area contributed by atoms with Gasteiger partial charge < -0.3 is 25.4 Å². The Morgan fingerprint density at radius 1 is 1.07 bits per heavy atom. The predicted octanol–water partition coefficient (Wildman–Crippen LogP) is 5.99. The van der Waals surface area contributed by atoms with E-state index in [9.17, 15) is 14.7 Å². The van der Waals surface area contributed by atoms with Crippen LogP contribution in [0.1, 0.15) is 29.8 Å². The Morgan fingerprint density at radius 3 is 2.50 bits per heavy atom. The lowest BCUT2D eigenvalue weighted by Crippen LogP contribution is -2.49. The molecule has 0 bridgehead atoms. The number of carbonyl (C=O) groups is 2. The molecule has 40 heavy (non-hydrogen) atoms. The van der Waals surface area contributed by atoms with Crippen molar-refractivity contribution in [1.82, 2.24) is 9.80 Å². The first kappa shape index (κ1) is 29.7. The van der Waals surface area contributed by atoms with Crippen LogP contribution in [0.2, 0.25) is 10.0 Å². The highest BCUT2D eigenvalue weighted by atomic mass is 35.5. The smallest absolute Gasteiger partial charge is 0.323 e. The summed E-state index contributed by atoms with van der Waals surface area (Å²) in [5, 5.41) is 16.5. The van der Waals surface area contributed by atoms with Crippen molar-refractivity contribution in [1.29, 1.82) is 0 Å². The van der Waals surface area contributed by atoms with Gasteiger partial charge in [0.15, 0.2) is 0 Å². The summed E-state index contributed by atoms with van der Waals surface area (Å²) in [4.78, 5) is 30.0. The van der Waals surface area contributed by atoms with Crippen LogP contribution in [0.3, 0.4) is 0 Å². The molecular weight excluding hydrogens is 551 g/mol. The largest absolute Gasteiger partial charge is 0.488 e. The number of urea groups is 1. The van der Waals surface area contributed by atoms with E-state index in [1.54, 1.807) is 41.3 Å². The molecule has 3 atom stereocenters. The number of likely N-dealkylation sites (N-methyl/N-ethyl adjacent to an activating group) is 1. The van der Waals surface area contributed by atoms with Crippen LogP contribution in [0.5, 0.6) is 5.75 Å². The summed E-state index contributed by atoms with van der Waals surface area (Å²) in [7, 11) is 2.00. The van der Waals surface area contributed by atoms with E-state index in [4.69, 9.17) is 27.9 Å². The summed E-state index contributed by atoms with van der Waals surface area (Å²) in [5.41, 5.74) is 2.44. The molecule has 212 valence electrons. The standard InChI is InChI=1S/C30H34Cl2N4O4/c1-19-15-36(20(2)18-37)29(38)24-14-23(34-30(39)33-22-7-5-4-6-8-22)10-12-27(24)40-28(19)17-35(3)16-21-9-11-25(31)26(32)13-21/h4-14,19-20,28,37H,15-18H2,1-3H3,(H2,33,34,39)/t19-,20+,28-/m1/s1. The highest BCUT2D eigenvalue weighted by molar-refractivity contribution is 6.42. The van der Waals surface area contributed by atoms with Crippen LogP contribution < -0.4 is 15.4 Å². The Balaban J connectivity index is 1.56. The number of nitrogens with zero attached hydrogens (tertiary/aromatic N) is 2. The van der Waals surface area contributed by atoms with Crippen LogP contribution in [0.4, 0.5) is 16.2 Å². The Morgan fingerprint density at radius 2 is 1.80 bits per heavy atom. The van der Waals surface area contributed by atoms with Crippen LogP contribution in [0.25, 0.3) is 0 Å². The topological polar surface area (TPSA) is 94.1 Å². The molecule has 0 radical (unpaired) electrons. The summed E-state index contributed by atoms with van der Waals surface area (Å²) in [6.45, 7) is 5.29. The van der Waals surface area contributed by atoms with Gasteiger partial charge in [0.1, 0.15) is 11.9 Å². The average molecular weight is 586 g/mol. The Labute approximate surface area is 244 Å². The zero-order chi connectivity index (χ0) is 28.8. The number of halogens is 2. The van der Waals surface area contributed by atoms with Gasteiger partial charge in [-0.15, -0.1) is 0 Å². The van der Waals surface area contributed by atoms with Crippen molar-refractivity contribution >= 4 is 46.5 Å². The second kappa shape index (κ2) is 13.4. The van der Waals surface area contributed by atoms with E-state index in [0.717, 1.165) is 5.56 Å². The second-order valence-electron chi connectivity index (χ2n) is 10.2. The number of hydrogen-bond acceptors (Lipinski definition) is 5. The van der Waals surface area contributed by atoms with Crippen LogP contribution in [0.15, 0.2) is 66.7 Å². The van der Waals surface area contributed by atoms with Gasteiger partial charge in [-0.1, -0.05) is 54.4 Å². The van der Waals surface area contributed by atoms with Gasteiger partial charge in [-0.05, 0) is 62.0 Å². The van der Waals surface area contributed by atoms with Gasteiger partial charge in [-0.3, -0.25) is 9.69 Å². The van der Waals surface area contributed by atoms with E-state index >= 15 is 0 Å². The molecule has 3 aromatic carbocycles. The number of hydrogen-bond donors (Lipinski definition) is 3. The first-order chi connectivity index (χ1) is 19.1. The minimum absolute atomic E-state index is 0.0307. The molecule has 0 saturated heterocycles. The fraction of sp³-hybridized carbons (Fsp3) is 0.333. The number of para-hydroxylation sites is 1. The van der Waals surface area contributed by atoms with Crippen LogP contribution >= 0.6 is 23.2 Å². The van der Waals surface area contributed by atoms with Crippen molar-refractivity contribution in [3.8, 4) is 5.75 Å². The number of aliphatic hydroxyl groups is 1. The number of rotatable bonds is 8. The monoisotopic (exact) mass is 584 g/mol. The number of nitrogens with one attached hydrogen (secondary N) is 2. The Hall–Kier alpha value is -3.30. The highest BCUT2D eigenvalue weighted by Gasteiger charge is 2.33. The van der Waals surface area contributed by atoms with Gasteiger partial charge in [0.2, 0.25) is 0 Å². The van der Waals surface area contributed by atoms with Gasteiger partial charge in [-0.25, -0.2) is 4.79 Å². The maximum Gasteiger partial charge on any atom is 0.323 e. The molecule has 3 aromatic rings. The molecule has 8 nitrogen and oxygen atoms in total. The van der Waals surface area contributed by atoms with E-state index in [-0.39, 0.29) is 24.5 Å². The van der Waals surface area contributed by atoms with Crippen molar-refractivity contribution in [2.75, 3.05) is 37.4 Å². The molecule has 0 aromatic heterocycles. The van der Waals surface area contributed by atoms with Crippen molar-refractivity contribution in [3.63, 3.8) is 0 Å². The molecule has 3 N–H and O–H groups in total. The van der Waals surface area contributed by atoms with Crippen molar-refractivity contribution in [2.45, 2.75) is 32.5 Å². The molecule has 1 aliphatic rings. The quantitative estimate of drug-likeness (QED) is 0.302. The van der Waals surface area contributed by atoms with Gasteiger partial charge in [-0.2, -0.15) is 0 Å².